The van der Waals surface area contributed by atoms with Crippen molar-refractivity contribution in [1.29, 1.82) is 5.41 Å². The third-order valence-corrected chi connectivity index (χ3v) is 7.39. The Kier molecular flexibility index (Phi) is 5.97. The summed E-state index contributed by atoms with van der Waals surface area (Å²) in [5, 5.41) is 9.82. The third kappa shape index (κ3) is 4.12. The zero-order chi connectivity index (χ0) is 23.8. The number of fused-ring (bicyclic) bond motifs is 1. The molecule has 0 atom stereocenters. The van der Waals surface area contributed by atoms with Crippen LogP contribution in [0, 0.1) is 25.1 Å². The Balaban J connectivity index is 1.44. The molecular weight excluding hydrogens is 469 g/mol. The van der Waals surface area contributed by atoms with Crippen LogP contribution in [0.4, 0.5) is 4.39 Å². The molecule has 1 amide bonds. The van der Waals surface area contributed by atoms with Crippen molar-refractivity contribution >= 4 is 51.9 Å². The van der Waals surface area contributed by atoms with Gasteiger partial charge in [-0.1, -0.05) is 42.1 Å². The van der Waals surface area contributed by atoms with Gasteiger partial charge in [-0.3, -0.25) is 10.2 Å². The van der Waals surface area contributed by atoms with Crippen LogP contribution < -0.4 is 0 Å². The maximum atomic E-state index is 13.4. The zero-order valence-electron chi connectivity index (χ0n) is 18.4. The highest BCUT2D eigenvalue weighted by atomic mass is 32.2. The van der Waals surface area contributed by atoms with E-state index in [1.807, 2.05) is 54.8 Å². The fourth-order valence-electron chi connectivity index (χ4n) is 3.89. The maximum absolute atomic E-state index is 13.4. The van der Waals surface area contributed by atoms with Gasteiger partial charge in [-0.2, -0.15) is 9.39 Å². The van der Waals surface area contributed by atoms with Gasteiger partial charge < -0.3 is 4.57 Å². The molecule has 2 aliphatic heterocycles. The molecule has 34 heavy (non-hydrogen) atoms. The van der Waals surface area contributed by atoms with Gasteiger partial charge in [0.2, 0.25) is 5.17 Å². The first-order valence-corrected chi connectivity index (χ1v) is 12.3. The van der Waals surface area contributed by atoms with Crippen LogP contribution in [0.25, 0.3) is 11.8 Å². The van der Waals surface area contributed by atoms with Crippen molar-refractivity contribution in [2.75, 3.05) is 0 Å². The minimum absolute atomic E-state index is 0.0610. The number of amidine groups is 3. The van der Waals surface area contributed by atoms with Crippen LogP contribution in [0.5, 0.6) is 0 Å². The average molecular weight is 490 g/mol. The van der Waals surface area contributed by atoms with E-state index in [9.17, 15) is 9.18 Å². The fraction of sp³-hybridized carbons (Fsp3) is 0.120. The van der Waals surface area contributed by atoms with Crippen LogP contribution in [0.1, 0.15) is 22.5 Å². The summed E-state index contributed by atoms with van der Waals surface area (Å²) in [4.78, 5) is 18.6. The summed E-state index contributed by atoms with van der Waals surface area (Å²) >= 11 is 2.62. The summed E-state index contributed by atoms with van der Waals surface area (Å²) in [6, 6.07) is 18.2. The van der Waals surface area contributed by atoms with Crippen LogP contribution in [0.15, 0.2) is 75.6 Å². The van der Waals surface area contributed by atoms with E-state index in [-0.39, 0.29) is 17.2 Å². The summed E-state index contributed by atoms with van der Waals surface area (Å²) < 4.78 is 19.8. The maximum Gasteiger partial charge on any atom is 0.283 e. The summed E-state index contributed by atoms with van der Waals surface area (Å²) in [6.45, 7) is 3.88. The average Bonchev–Trinajstić information content (AvgIpc) is 3.36. The van der Waals surface area contributed by atoms with Crippen molar-refractivity contribution < 1.29 is 9.18 Å². The molecule has 0 saturated carbocycles. The Labute approximate surface area is 204 Å². The molecule has 9 heteroatoms. The molecule has 2 aromatic carbocycles. The molecule has 1 N–H and O–H groups in total. The van der Waals surface area contributed by atoms with Crippen molar-refractivity contribution in [2.45, 2.75) is 19.6 Å². The summed E-state index contributed by atoms with van der Waals surface area (Å²) in [5.41, 5.74) is 4.81. The molecule has 0 aliphatic carbocycles. The number of rotatable bonds is 4. The first-order chi connectivity index (χ1) is 16.4. The lowest BCUT2D eigenvalue weighted by Crippen LogP contribution is -2.41. The number of aryl methyl sites for hydroxylation is 1. The Morgan fingerprint density at radius 2 is 1.85 bits per heavy atom. The van der Waals surface area contributed by atoms with Crippen molar-refractivity contribution in [3.8, 4) is 5.69 Å². The van der Waals surface area contributed by atoms with Crippen LogP contribution >= 0.6 is 23.7 Å². The number of thioether (sulfide) groups is 1. The molecule has 1 aromatic heterocycles. The summed E-state index contributed by atoms with van der Waals surface area (Å²) in [6.07, 6.45) is 1.70. The van der Waals surface area contributed by atoms with Gasteiger partial charge in [0, 0.05) is 22.8 Å². The van der Waals surface area contributed by atoms with Crippen molar-refractivity contribution in [3.05, 3.63) is 94.6 Å². The quantitative estimate of drug-likeness (QED) is 0.374. The van der Waals surface area contributed by atoms with Crippen molar-refractivity contribution in [1.82, 2.24) is 9.47 Å². The van der Waals surface area contributed by atoms with Gasteiger partial charge in [-0.25, -0.2) is 9.29 Å². The Morgan fingerprint density at radius 3 is 2.59 bits per heavy atom. The molecular formula is C25H20FN5OS2. The summed E-state index contributed by atoms with van der Waals surface area (Å²) in [5.74, 6) is 0.00336. The van der Waals surface area contributed by atoms with Gasteiger partial charge in [-0.05, 0) is 61.4 Å². The van der Waals surface area contributed by atoms with Gasteiger partial charge in [0.05, 0.1) is 17.5 Å². The predicted octanol–water partition coefficient (Wildman–Crippen LogP) is 5.74. The molecule has 0 unspecified atom stereocenters. The van der Waals surface area contributed by atoms with Gasteiger partial charge in [0.25, 0.3) is 5.91 Å². The van der Waals surface area contributed by atoms with Gasteiger partial charge >= 0.3 is 0 Å². The highest BCUT2D eigenvalue weighted by Gasteiger charge is 2.37. The molecule has 170 valence electrons. The number of aromatic nitrogens is 1. The predicted molar refractivity (Wildman–Crippen MR) is 138 cm³/mol. The van der Waals surface area contributed by atoms with Gasteiger partial charge in [0.1, 0.15) is 11.7 Å². The number of carbonyl (C=O) groups excluding carboxylic acids is 1. The van der Waals surface area contributed by atoms with E-state index in [0.717, 1.165) is 40.2 Å². The lowest BCUT2D eigenvalue weighted by molar-refractivity contribution is -0.114. The van der Waals surface area contributed by atoms with E-state index in [2.05, 4.69) is 9.39 Å². The topological polar surface area (TPSA) is 73.8 Å². The molecule has 0 spiro atoms. The first-order valence-electron chi connectivity index (χ1n) is 10.5. The highest BCUT2D eigenvalue weighted by Crippen LogP contribution is 2.33. The Morgan fingerprint density at radius 1 is 1.12 bits per heavy atom. The number of amides is 1. The molecule has 3 aromatic rings. The molecule has 0 saturated heterocycles. The third-order valence-electron chi connectivity index (χ3n) is 5.56. The number of hydrogen-bond acceptors (Lipinski definition) is 5. The van der Waals surface area contributed by atoms with Crippen LogP contribution in [-0.2, 0) is 10.5 Å². The van der Waals surface area contributed by atoms with Crippen molar-refractivity contribution in [3.63, 3.8) is 0 Å². The zero-order valence-corrected chi connectivity index (χ0v) is 20.1. The minimum atomic E-state index is -0.458. The monoisotopic (exact) mass is 489 g/mol. The molecule has 0 bridgehead atoms. The highest BCUT2D eigenvalue weighted by molar-refractivity contribution is 8.18. The molecule has 5 rings (SSSR count). The number of benzene rings is 2. The van der Waals surface area contributed by atoms with E-state index in [1.165, 1.54) is 23.9 Å². The number of carbonyl (C=O) groups is 1. The van der Waals surface area contributed by atoms with E-state index in [1.54, 1.807) is 23.1 Å². The van der Waals surface area contributed by atoms with E-state index < -0.39 is 5.91 Å². The molecule has 0 radical (unpaired) electrons. The fourth-order valence-corrected chi connectivity index (χ4v) is 5.69. The largest absolute Gasteiger partial charge is 0.318 e. The van der Waals surface area contributed by atoms with E-state index in [0.29, 0.717) is 16.1 Å². The second-order valence-corrected chi connectivity index (χ2v) is 9.49. The SMILES string of the molecule is Cc1cc(/C=C2\C(=N)N3C(SCc4ccccc4)=NSC3=NC2=O)c(C)n1-c1ccc(F)cc1. The molecule has 2 aliphatic rings. The number of aliphatic imine (C=N–C) groups is 1. The smallest absolute Gasteiger partial charge is 0.283 e. The van der Waals surface area contributed by atoms with Crippen molar-refractivity contribution in [2.24, 2.45) is 9.39 Å². The lowest BCUT2D eigenvalue weighted by atomic mass is 10.1. The molecule has 3 heterocycles. The van der Waals surface area contributed by atoms with Gasteiger partial charge in [0.15, 0.2) is 5.17 Å². The number of hydrogen-bond donors (Lipinski definition) is 1. The number of nitrogens with one attached hydrogen (secondary N) is 1. The lowest BCUT2D eigenvalue weighted by Gasteiger charge is -2.24. The standard InChI is InChI=1S/C25H20FN5OS2/c1-15-12-18(16(2)30(15)20-10-8-19(26)9-11-20)13-21-22(27)31-24(28-23(21)32)34-29-25(31)33-14-17-6-4-3-5-7-17/h3-13,27H,14H2,1-2H3/b21-13+,27-22?. The summed E-state index contributed by atoms with van der Waals surface area (Å²) in [7, 11) is 0. The number of nitrogens with zero attached hydrogens (tertiary/aromatic N) is 4. The number of halogens is 1. The van der Waals surface area contributed by atoms with Crippen LogP contribution in [-0.4, -0.2) is 31.5 Å². The van der Waals surface area contributed by atoms with Gasteiger partial charge in [-0.15, -0.1) is 0 Å². The second-order valence-electron chi connectivity index (χ2n) is 7.82. The van der Waals surface area contributed by atoms with Crippen LogP contribution in [0.3, 0.4) is 0 Å². The first kappa shape index (κ1) is 22.4. The normalized spacial score (nSPS) is 16.7. The van der Waals surface area contributed by atoms with Crippen LogP contribution in [0.2, 0.25) is 0 Å². The molecule has 0 fully saturated rings. The van der Waals surface area contributed by atoms with E-state index in [4.69, 9.17) is 5.41 Å². The van der Waals surface area contributed by atoms with E-state index >= 15 is 0 Å². The Bertz CT molecular complexity index is 1390. The molecule has 6 nitrogen and oxygen atoms in total. The Hall–Kier alpha value is -3.43. The minimum Gasteiger partial charge on any atom is -0.318 e. The second kappa shape index (κ2) is 9.08.